The average molecular weight is 169 g/mol. The second-order valence-corrected chi connectivity index (χ2v) is 4.79. The Balaban J connectivity index is 2.61. The van der Waals surface area contributed by atoms with E-state index in [1.165, 1.54) is 25.7 Å². The predicted molar refractivity (Wildman–Crippen MR) is 54.3 cm³/mol. The average Bonchev–Trinajstić information content (AvgIpc) is 2.19. The highest BCUT2D eigenvalue weighted by molar-refractivity contribution is 4.89. The summed E-state index contributed by atoms with van der Waals surface area (Å²) in [6.07, 6.45) is 5.53. The van der Waals surface area contributed by atoms with Crippen LogP contribution in [-0.2, 0) is 0 Å². The van der Waals surface area contributed by atoms with Crippen molar-refractivity contribution in [1.29, 1.82) is 0 Å². The van der Waals surface area contributed by atoms with Crippen molar-refractivity contribution in [2.75, 3.05) is 7.05 Å². The monoisotopic (exact) mass is 169 g/mol. The molecule has 72 valence electrons. The first-order chi connectivity index (χ1) is 5.58. The topological polar surface area (TPSA) is 12.0 Å². The van der Waals surface area contributed by atoms with E-state index in [1.807, 2.05) is 0 Å². The van der Waals surface area contributed by atoms with Gasteiger partial charge in [0, 0.05) is 5.54 Å². The van der Waals surface area contributed by atoms with Gasteiger partial charge in [0.1, 0.15) is 0 Å². The van der Waals surface area contributed by atoms with Crippen molar-refractivity contribution in [3.8, 4) is 0 Å². The third-order valence-electron chi connectivity index (χ3n) is 3.91. The Bertz CT molecular complexity index is 144. The molecule has 1 rings (SSSR count). The van der Waals surface area contributed by atoms with Gasteiger partial charge in [0.25, 0.3) is 0 Å². The Morgan fingerprint density at radius 3 is 2.42 bits per heavy atom. The van der Waals surface area contributed by atoms with Crippen molar-refractivity contribution < 1.29 is 0 Å². The minimum atomic E-state index is 0.394. The van der Waals surface area contributed by atoms with E-state index in [4.69, 9.17) is 0 Å². The van der Waals surface area contributed by atoms with Crippen LogP contribution in [0.15, 0.2) is 0 Å². The zero-order valence-electron chi connectivity index (χ0n) is 8.98. The summed E-state index contributed by atoms with van der Waals surface area (Å²) in [5.74, 6) is 1.76. The first kappa shape index (κ1) is 10.0. The lowest BCUT2D eigenvalue weighted by Crippen LogP contribution is -2.44. The Morgan fingerprint density at radius 1 is 1.17 bits per heavy atom. The van der Waals surface area contributed by atoms with Crippen molar-refractivity contribution in [2.24, 2.45) is 11.8 Å². The molecule has 1 fully saturated rings. The molecule has 1 saturated carbocycles. The molecule has 0 bridgehead atoms. The first-order valence-electron chi connectivity index (χ1n) is 5.27. The standard InChI is InChI=1S/C11H23N/c1-9-5-6-10(2)11(3,12-4)8-7-9/h9-10,12H,5-8H2,1-4H3. The molecule has 0 aromatic rings. The molecule has 1 nitrogen and oxygen atoms in total. The minimum Gasteiger partial charge on any atom is -0.314 e. The Kier molecular flexibility index (Phi) is 3.16. The summed E-state index contributed by atoms with van der Waals surface area (Å²) in [6, 6.07) is 0. The fourth-order valence-electron chi connectivity index (χ4n) is 2.16. The highest BCUT2D eigenvalue weighted by Crippen LogP contribution is 2.33. The summed E-state index contributed by atoms with van der Waals surface area (Å²) in [4.78, 5) is 0. The Labute approximate surface area is 76.9 Å². The van der Waals surface area contributed by atoms with Crippen LogP contribution >= 0.6 is 0 Å². The molecule has 3 unspecified atom stereocenters. The predicted octanol–water partition coefficient (Wildman–Crippen LogP) is 2.81. The summed E-state index contributed by atoms with van der Waals surface area (Å²) >= 11 is 0. The molecule has 0 aromatic carbocycles. The van der Waals surface area contributed by atoms with E-state index in [-0.39, 0.29) is 0 Å². The smallest absolute Gasteiger partial charge is 0.0175 e. The van der Waals surface area contributed by atoms with E-state index in [2.05, 4.69) is 33.1 Å². The molecular formula is C11H23N. The van der Waals surface area contributed by atoms with Gasteiger partial charge in [0.05, 0.1) is 0 Å². The molecule has 1 N–H and O–H groups in total. The molecule has 0 saturated heterocycles. The van der Waals surface area contributed by atoms with Crippen molar-refractivity contribution in [2.45, 2.75) is 52.0 Å². The van der Waals surface area contributed by atoms with E-state index in [0.29, 0.717) is 5.54 Å². The van der Waals surface area contributed by atoms with Gasteiger partial charge >= 0.3 is 0 Å². The van der Waals surface area contributed by atoms with Gasteiger partial charge in [-0.25, -0.2) is 0 Å². The van der Waals surface area contributed by atoms with Crippen LogP contribution in [0.25, 0.3) is 0 Å². The number of hydrogen-bond acceptors (Lipinski definition) is 1. The molecule has 1 aliphatic rings. The molecule has 0 radical (unpaired) electrons. The number of hydrogen-bond donors (Lipinski definition) is 1. The maximum atomic E-state index is 3.49. The summed E-state index contributed by atoms with van der Waals surface area (Å²) in [6.45, 7) is 7.14. The van der Waals surface area contributed by atoms with Crippen LogP contribution in [0, 0.1) is 11.8 Å². The summed E-state index contributed by atoms with van der Waals surface area (Å²) in [5, 5.41) is 3.49. The SMILES string of the molecule is CNC1(C)CCC(C)CCC1C. The zero-order chi connectivity index (χ0) is 9.19. The molecule has 3 atom stereocenters. The van der Waals surface area contributed by atoms with Crippen LogP contribution in [0.5, 0.6) is 0 Å². The van der Waals surface area contributed by atoms with Gasteiger partial charge in [-0.3, -0.25) is 0 Å². The van der Waals surface area contributed by atoms with Gasteiger partial charge in [0.15, 0.2) is 0 Å². The van der Waals surface area contributed by atoms with Gasteiger partial charge in [-0.2, -0.15) is 0 Å². The number of rotatable bonds is 1. The highest BCUT2D eigenvalue weighted by atomic mass is 14.9. The fraction of sp³-hybridized carbons (Fsp3) is 1.00. The molecule has 0 spiro atoms. The number of nitrogens with one attached hydrogen (secondary N) is 1. The lowest BCUT2D eigenvalue weighted by atomic mass is 9.83. The van der Waals surface area contributed by atoms with Crippen LogP contribution in [0.4, 0.5) is 0 Å². The van der Waals surface area contributed by atoms with Crippen LogP contribution < -0.4 is 5.32 Å². The normalized spacial score (nSPS) is 44.0. The maximum Gasteiger partial charge on any atom is 0.0175 e. The van der Waals surface area contributed by atoms with Crippen molar-refractivity contribution in [3.05, 3.63) is 0 Å². The van der Waals surface area contributed by atoms with E-state index < -0.39 is 0 Å². The van der Waals surface area contributed by atoms with Crippen LogP contribution in [0.2, 0.25) is 0 Å². The summed E-state index contributed by atoms with van der Waals surface area (Å²) < 4.78 is 0. The van der Waals surface area contributed by atoms with Crippen LogP contribution in [0.1, 0.15) is 46.5 Å². The molecule has 1 aliphatic carbocycles. The first-order valence-corrected chi connectivity index (χ1v) is 5.27. The lowest BCUT2D eigenvalue weighted by molar-refractivity contribution is 0.246. The zero-order valence-corrected chi connectivity index (χ0v) is 8.98. The van der Waals surface area contributed by atoms with E-state index >= 15 is 0 Å². The summed E-state index contributed by atoms with van der Waals surface area (Å²) in [7, 11) is 2.10. The molecule has 1 heteroatoms. The third kappa shape index (κ3) is 2.01. The van der Waals surface area contributed by atoms with E-state index in [0.717, 1.165) is 11.8 Å². The van der Waals surface area contributed by atoms with Gasteiger partial charge in [-0.15, -0.1) is 0 Å². The second kappa shape index (κ2) is 3.78. The van der Waals surface area contributed by atoms with Gasteiger partial charge in [0.2, 0.25) is 0 Å². The summed E-state index contributed by atoms with van der Waals surface area (Å²) in [5.41, 5.74) is 0.394. The van der Waals surface area contributed by atoms with E-state index in [1.54, 1.807) is 0 Å². The molecule has 0 aromatic heterocycles. The molecule has 0 heterocycles. The molecule has 0 amide bonds. The molecule has 12 heavy (non-hydrogen) atoms. The van der Waals surface area contributed by atoms with E-state index in [9.17, 15) is 0 Å². The largest absolute Gasteiger partial charge is 0.314 e. The van der Waals surface area contributed by atoms with Crippen molar-refractivity contribution >= 4 is 0 Å². The quantitative estimate of drug-likeness (QED) is 0.595. The Morgan fingerprint density at radius 2 is 1.83 bits per heavy atom. The molecule has 0 aliphatic heterocycles. The fourth-order valence-corrected chi connectivity index (χ4v) is 2.16. The van der Waals surface area contributed by atoms with Crippen LogP contribution in [0.3, 0.4) is 0 Å². The molecular weight excluding hydrogens is 146 g/mol. The highest BCUT2D eigenvalue weighted by Gasteiger charge is 2.31. The van der Waals surface area contributed by atoms with Crippen LogP contribution in [-0.4, -0.2) is 12.6 Å². The van der Waals surface area contributed by atoms with Gasteiger partial charge in [-0.05, 0) is 45.1 Å². The maximum absolute atomic E-state index is 3.49. The Hall–Kier alpha value is -0.0400. The lowest BCUT2D eigenvalue weighted by Gasteiger charge is -2.34. The van der Waals surface area contributed by atoms with Crippen molar-refractivity contribution in [1.82, 2.24) is 5.32 Å². The van der Waals surface area contributed by atoms with Gasteiger partial charge in [-0.1, -0.05) is 20.3 Å². The van der Waals surface area contributed by atoms with Crippen molar-refractivity contribution in [3.63, 3.8) is 0 Å². The second-order valence-electron chi connectivity index (χ2n) is 4.79. The minimum absolute atomic E-state index is 0.394. The van der Waals surface area contributed by atoms with Gasteiger partial charge < -0.3 is 5.32 Å². The third-order valence-corrected chi connectivity index (χ3v) is 3.91.